The van der Waals surface area contributed by atoms with Crippen LogP contribution < -0.4 is 16.0 Å². The summed E-state index contributed by atoms with van der Waals surface area (Å²) in [7, 11) is 0. The van der Waals surface area contributed by atoms with E-state index < -0.39 is 35.0 Å². The van der Waals surface area contributed by atoms with E-state index in [-0.39, 0.29) is 22.3 Å². The monoisotopic (exact) mass is 479 g/mol. The SMILES string of the molecule is CC1(C(=O)O)C=C(C(=O)O)c2cc(Nc3ccc4c(c3)C(C(=O)O)=CC(C)(C(=O)O)N4)ccc2N1. The van der Waals surface area contributed by atoms with Crippen LogP contribution in [0, 0.1) is 0 Å². The third-order valence-electron chi connectivity index (χ3n) is 5.91. The summed E-state index contributed by atoms with van der Waals surface area (Å²) in [6.07, 6.45) is 2.27. The van der Waals surface area contributed by atoms with Gasteiger partial charge in [0.15, 0.2) is 11.1 Å². The highest BCUT2D eigenvalue weighted by Gasteiger charge is 2.38. The number of rotatable bonds is 6. The number of fused-ring (bicyclic) bond motifs is 2. The van der Waals surface area contributed by atoms with Crippen LogP contribution in [0.1, 0.15) is 25.0 Å². The molecule has 2 aliphatic rings. The average Bonchev–Trinajstić information content (AvgIpc) is 2.78. The average molecular weight is 479 g/mol. The molecule has 2 aromatic carbocycles. The zero-order chi connectivity index (χ0) is 25.7. The summed E-state index contributed by atoms with van der Waals surface area (Å²) in [6, 6.07) is 9.41. The van der Waals surface area contributed by atoms with E-state index in [4.69, 9.17) is 0 Å². The highest BCUT2D eigenvalue weighted by Crippen LogP contribution is 2.39. The van der Waals surface area contributed by atoms with Crippen molar-refractivity contribution in [2.45, 2.75) is 24.9 Å². The predicted octanol–water partition coefficient (Wildman–Crippen LogP) is 2.90. The van der Waals surface area contributed by atoms with Crippen LogP contribution in [0.3, 0.4) is 0 Å². The molecule has 0 amide bonds. The number of aliphatic carboxylic acids is 4. The van der Waals surface area contributed by atoms with Crippen LogP contribution in [0.4, 0.5) is 22.7 Å². The highest BCUT2D eigenvalue weighted by molar-refractivity contribution is 6.20. The Morgan fingerprint density at radius 1 is 0.686 bits per heavy atom. The molecule has 2 heterocycles. The second-order valence-electron chi connectivity index (χ2n) is 8.64. The van der Waals surface area contributed by atoms with Crippen LogP contribution in [-0.2, 0) is 19.2 Å². The van der Waals surface area contributed by atoms with Gasteiger partial charge in [-0.2, -0.15) is 0 Å². The minimum Gasteiger partial charge on any atom is -0.479 e. The van der Waals surface area contributed by atoms with Crippen molar-refractivity contribution in [3.8, 4) is 0 Å². The Bertz CT molecular complexity index is 1280. The number of anilines is 4. The number of hydrogen-bond acceptors (Lipinski definition) is 7. The largest absolute Gasteiger partial charge is 0.479 e. The summed E-state index contributed by atoms with van der Waals surface area (Å²) >= 11 is 0. The van der Waals surface area contributed by atoms with Crippen molar-refractivity contribution in [2.75, 3.05) is 16.0 Å². The Morgan fingerprint density at radius 2 is 1.06 bits per heavy atom. The number of carboxylic acids is 4. The van der Waals surface area contributed by atoms with Crippen molar-refractivity contribution in [3.05, 3.63) is 59.7 Å². The van der Waals surface area contributed by atoms with Gasteiger partial charge in [-0.15, -0.1) is 0 Å². The molecule has 11 heteroatoms. The predicted molar refractivity (Wildman–Crippen MR) is 127 cm³/mol. The number of nitrogens with one attached hydrogen (secondary N) is 3. The van der Waals surface area contributed by atoms with Gasteiger partial charge in [0.1, 0.15) is 0 Å². The van der Waals surface area contributed by atoms with E-state index in [9.17, 15) is 39.6 Å². The van der Waals surface area contributed by atoms with Crippen LogP contribution in [0.2, 0.25) is 0 Å². The van der Waals surface area contributed by atoms with E-state index in [2.05, 4.69) is 16.0 Å². The number of hydrogen-bond donors (Lipinski definition) is 7. The molecule has 0 aromatic heterocycles. The van der Waals surface area contributed by atoms with Gasteiger partial charge in [0.05, 0.1) is 11.1 Å². The molecule has 0 saturated heterocycles. The molecule has 0 bridgehead atoms. The molecular formula is C24H21N3O8. The fraction of sp³-hybridized carbons (Fsp3) is 0.167. The molecule has 180 valence electrons. The van der Waals surface area contributed by atoms with Gasteiger partial charge in [0.25, 0.3) is 0 Å². The normalized spacial score (nSPS) is 22.2. The second-order valence-corrected chi connectivity index (χ2v) is 8.64. The van der Waals surface area contributed by atoms with Crippen molar-refractivity contribution >= 4 is 57.8 Å². The van der Waals surface area contributed by atoms with Gasteiger partial charge in [-0.25, -0.2) is 19.2 Å². The third kappa shape index (κ3) is 4.03. The lowest BCUT2D eigenvalue weighted by Crippen LogP contribution is -2.44. The summed E-state index contributed by atoms with van der Waals surface area (Å²) < 4.78 is 0. The summed E-state index contributed by atoms with van der Waals surface area (Å²) in [5.41, 5.74) is -1.37. The summed E-state index contributed by atoms with van der Waals surface area (Å²) in [4.78, 5) is 46.9. The van der Waals surface area contributed by atoms with Crippen molar-refractivity contribution < 1.29 is 39.6 Å². The van der Waals surface area contributed by atoms with Gasteiger partial charge >= 0.3 is 23.9 Å². The Morgan fingerprint density at radius 3 is 1.37 bits per heavy atom. The Labute approximate surface area is 198 Å². The van der Waals surface area contributed by atoms with Gasteiger partial charge in [0, 0.05) is 33.9 Å². The molecule has 2 aromatic rings. The topological polar surface area (TPSA) is 185 Å². The fourth-order valence-electron chi connectivity index (χ4n) is 4.02. The number of benzene rings is 2. The van der Waals surface area contributed by atoms with Crippen LogP contribution in [0.25, 0.3) is 11.1 Å². The van der Waals surface area contributed by atoms with E-state index in [0.29, 0.717) is 22.7 Å². The smallest absolute Gasteiger partial charge is 0.336 e. The van der Waals surface area contributed by atoms with E-state index in [1.807, 2.05) is 0 Å². The van der Waals surface area contributed by atoms with Crippen molar-refractivity contribution in [2.24, 2.45) is 0 Å². The second kappa shape index (κ2) is 7.90. The lowest BCUT2D eigenvalue weighted by Gasteiger charge is -2.31. The molecule has 0 radical (unpaired) electrons. The van der Waals surface area contributed by atoms with Crippen LogP contribution in [0.15, 0.2) is 48.6 Å². The molecule has 2 atom stereocenters. The first-order valence-electron chi connectivity index (χ1n) is 10.3. The molecule has 2 unspecified atom stereocenters. The Balaban J connectivity index is 1.71. The first kappa shape index (κ1) is 23.4. The fourth-order valence-corrected chi connectivity index (χ4v) is 4.02. The van der Waals surface area contributed by atoms with E-state index in [1.54, 1.807) is 24.3 Å². The molecule has 0 aliphatic carbocycles. The van der Waals surface area contributed by atoms with Crippen LogP contribution in [0.5, 0.6) is 0 Å². The highest BCUT2D eigenvalue weighted by atomic mass is 16.4. The molecule has 0 saturated carbocycles. The molecule has 2 aliphatic heterocycles. The first-order valence-corrected chi connectivity index (χ1v) is 10.3. The van der Waals surface area contributed by atoms with E-state index in [0.717, 1.165) is 12.2 Å². The van der Waals surface area contributed by atoms with Gasteiger partial charge in [-0.1, -0.05) is 0 Å². The van der Waals surface area contributed by atoms with E-state index >= 15 is 0 Å². The van der Waals surface area contributed by atoms with Crippen molar-refractivity contribution in [1.29, 1.82) is 0 Å². The lowest BCUT2D eigenvalue weighted by molar-refractivity contribution is -0.141. The van der Waals surface area contributed by atoms with Gasteiger partial charge in [-0.05, 0) is 62.4 Å². The van der Waals surface area contributed by atoms with Gasteiger partial charge in [-0.3, -0.25) is 0 Å². The maximum Gasteiger partial charge on any atom is 0.336 e. The Kier molecular flexibility index (Phi) is 5.28. The zero-order valence-corrected chi connectivity index (χ0v) is 18.5. The van der Waals surface area contributed by atoms with E-state index in [1.165, 1.54) is 26.0 Å². The van der Waals surface area contributed by atoms with Crippen LogP contribution >= 0.6 is 0 Å². The molecule has 0 fully saturated rings. The number of carboxylic acid groups (broad SMARTS) is 4. The van der Waals surface area contributed by atoms with Gasteiger partial charge < -0.3 is 36.4 Å². The molecular weight excluding hydrogens is 458 g/mol. The van der Waals surface area contributed by atoms with Gasteiger partial charge in [0.2, 0.25) is 0 Å². The summed E-state index contributed by atoms with van der Waals surface area (Å²) in [5, 5.41) is 47.0. The standard InChI is InChI=1S/C24H21N3O8/c1-23(21(32)33)9-15(19(28)29)13-7-11(3-5-17(13)26-23)25-12-4-6-18-14(8-12)16(20(30)31)10-24(2,27-18)22(34)35/h3-10,25-27H,1-2H3,(H,28,29)(H,30,31)(H,32,33)(H,34,35). The first-order chi connectivity index (χ1) is 16.3. The minimum absolute atomic E-state index is 0.175. The summed E-state index contributed by atoms with van der Waals surface area (Å²) in [6.45, 7) is 2.72. The van der Waals surface area contributed by atoms with Crippen molar-refractivity contribution in [1.82, 2.24) is 0 Å². The molecule has 4 rings (SSSR count). The molecule has 0 spiro atoms. The zero-order valence-electron chi connectivity index (χ0n) is 18.5. The lowest BCUT2D eigenvalue weighted by atomic mass is 9.88. The van der Waals surface area contributed by atoms with Crippen LogP contribution in [-0.4, -0.2) is 55.4 Å². The molecule has 35 heavy (non-hydrogen) atoms. The summed E-state index contributed by atoms with van der Waals surface area (Å²) in [5.74, 6) is -5.02. The Hall–Kier alpha value is -4.80. The maximum atomic E-state index is 11.8. The molecule has 7 N–H and O–H groups in total. The molecule has 11 nitrogen and oxygen atoms in total. The maximum absolute atomic E-state index is 11.8. The number of carbonyl (C=O) groups is 4. The van der Waals surface area contributed by atoms with Crippen molar-refractivity contribution in [3.63, 3.8) is 0 Å². The third-order valence-corrected chi connectivity index (χ3v) is 5.91. The minimum atomic E-state index is -1.59. The quantitative estimate of drug-likeness (QED) is 0.323.